The van der Waals surface area contributed by atoms with Crippen molar-refractivity contribution in [3.8, 4) is 0 Å². The van der Waals surface area contributed by atoms with Gasteiger partial charge in [-0.1, -0.05) is 36.8 Å². The fraction of sp³-hybridized carbons (Fsp3) is 0.522. The summed E-state index contributed by atoms with van der Waals surface area (Å²) in [6.07, 6.45) is 1.66. The van der Waals surface area contributed by atoms with Crippen molar-refractivity contribution in [1.82, 2.24) is 14.7 Å². The molecule has 0 radical (unpaired) electrons. The number of carboxylic acid groups (broad SMARTS) is 1. The summed E-state index contributed by atoms with van der Waals surface area (Å²) in [4.78, 5) is 25.8. The summed E-state index contributed by atoms with van der Waals surface area (Å²) in [6, 6.07) is 8.44. The third kappa shape index (κ3) is 5.05. The maximum absolute atomic E-state index is 12.7. The summed E-state index contributed by atoms with van der Waals surface area (Å²) < 4.78 is 2.00. The number of amides is 1. The second-order valence-electron chi connectivity index (χ2n) is 8.47. The van der Waals surface area contributed by atoms with Crippen LogP contribution in [0.5, 0.6) is 0 Å². The molecule has 1 aromatic heterocycles. The Hall–Kier alpha value is -2.63. The molecule has 0 saturated carbocycles. The standard InChI is InChI=1S/C23H31N3O3/c1-15-5-7-19(8-6-15)13-26-18(4)21(17(3)24-26)9-10-22(27)25-12-16(2)11-20(14-25)23(28)29/h5-8,16,20H,9-14H2,1-4H3,(H,28,29). The van der Waals surface area contributed by atoms with E-state index in [4.69, 9.17) is 0 Å². The lowest BCUT2D eigenvalue weighted by Crippen LogP contribution is -2.45. The van der Waals surface area contributed by atoms with Gasteiger partial charge in [-0.15, -0.1) is 0 Å². The Labute approximate surface area is 172 Å². The number of carbonyl (C=O) groups is 2. The molecular weight excluding hydrogens is 366 g/mol. The largest absolute Gasteiger partial charge is 0.481 e. The topological polar surface area (TPSA) is 75.4 Å². The molecule has 0 aliphatic carbocycles. The Bertz CT molecular complexity index is 886. The molecule has 1 aliphatic rings. The predicted octanol–water partition coefficient (Wildman–Crippen LogP) is 3.36. The third-order valence-corrected chi connectivity index (χ3v) is 5.93. The zero-order valence-electron chi connectivity index (χ0n) is 17.8. The van der Waals surface area contributed by atoms with Gasteiger partial charge >= 0.3 is 5.97 Å². The minimum absolute atomic E-state index is 0.0351. The first-order valence-corrected chi connectivity index (χ1v) is 10.3. The van der Waals surface area contributed by atoms with Gasteiger partial charge in [0.25, 0.3) is 0 Å². The summed E-state index contributed by atoms with van der Waals surface area (Å²) >= 11 is 0. The number of aliphatic carboxylic acids is 1. The molecule has 1 amide bonds. The molecule has 1 aliphatic heterocycles. The Kier molecular flexibility index (Phi) is 6.40. The molecule has 1 fully saturated rings. The number of benzene rings is 1. The van der Waals surface area contributed by atoms with E-state index < -0.39 is 11.9 Å². The van der Waals surface area contributed by atoms with Gasteiger partial charge in [0.2, 0.25) is 5.91 Å². The van der Waals surface area contributed by atoms with Gasteiger partial charge in [0, 0.05) is 25.2 Å². The molecule has 2 unspecified atom stereocenters. The molecule has 1 saturated heterocycles. The lowest BCUT2D eigenvalue weighted by molar-refractivity contribution is -0.146. The second-order valence-corrected chi connectivity index (χ2v) is 8.47. The van der Waals surface area contributed by atoms with Crippen molar-refractivity contribution < 1.29 is 14.7 Å². The van der Waals surface area contributed by atoms with Crippen LogP contribution in [0.3, 0.4) is 0 Å². The molecule has 1 aromatic carbocycles. The molecule has 0 bridgehead atoms. The molecular formula is C23H31N3O3. The van der Waals surface area contributed by atoms with Crippen molar-refractivity contribution in [3.63, 3.8) is 0 Å². The van der Waals surface area contributed by atoms with Crippen LogP contribution in [0.25, 0.3) is 0 Å². The van der Waals surface area contributed by atoms with E-state index in [9.17, 15) is 14.7 Å². The SMILES string of the molecule is Cc1ccc(Cn2nc(C)c(CCC(=O)N3CC(C)CC(C(=O)O)C3)c2C)cc1. The number of nitrogens with zero attached hydrogens (tertiary/aromatic N) is 3. The first kappa shape index (κ1) is 21.1. The van der Waals surface area contributed by atoms with Gasteiger partial charge in [-0.3, -0.25) is 14.3 Å². The van der Waals surface area contributed by atoms with E-state index in [1.165, 1.54) is 11.1 Å². The quantitative estimate of drug-likeness (QED) is 0.811. The van der Waals surface area contributed by atoms with Gasteiger partial charge in [-0.2, -0.15) is 5.10 Å². The number of hydrogen-bond donors (Lipinski definition) is 1. The van der Waals surface area contributed by atoms with Crippen molar-refractivity contribution in [2.75, 3.05) is 13.1 Å². The van der Waals surface area contributed by atoms with Gasteiger partial charge in [-0.25, -0.2) is 0 Å². The molecule has 1 N–H and O–H groups in total. The van der Waals surface area contributed by atoms with Gasteiger partial charge in [0.05, 0.1) is 18.2 Å². The summed E-state index contributed by atoms with van der Waals surface area (Å²) in [7, 11) is 0. The van der Waals surface area contributed by atoms with E-state index in [-0.39, 0.29) is 11.8 Å². The minimum Gasteiger partial charge on any atom is -0.481 e. The maximum Gasteiger partial charge on any atom is 0.308 e. The van der Waals surface area contributed by atoms with Crippen molar-refractivity contribution in [2.24, 2.45) is 11.8 Å². The lowest BCUT2D eigenvalue weighted by atomic mass is 9.90. The molecule has 2 heterocycles. The van der Waals surface area contributed by atoms with Crippen molar-refractivity contribution in [2.45, 2.75) is 53.5 Å². The van der Waals surface area contributed by atoms with Crippen LogP contribution in [-0.4, -0.2) is 44.8 Å². The molecule has 156 valence electrons. The Morgan fingerprint density at radius 2 is 1.83 bits per heavy atom. The number of piperidine rings is 1. The molecule has 6 nitrogen and oxygen atoms in total. The van der Waals surface area contributed by atoms with Crippen LogP contribution < -0.4 is 0 Å². The van der Waals surface area contributed by atoms with Crippen LogP contribution in [0.2, 0.25) is 0 Å². The highest BCUT2D eigenvalue weighted by molar-refractivity contribution is 5.78. The highest BCUT2D eigenvalue weighted by atomic mass is 16.4. The summed E-state index contributed by atoms with van der Waals surface area (Å²) in [5.74, 6) is -1.01. The smallest absolute Gasteiger partial charge is 0.308 e. The number of aryl methyl sites for hydroxylation is 2. The normalized spacial score (nSPS) is 19.4. The van der Waals surface area contributed by atoms with Crippen LogP contribution in [-0.2, 0) is 22.6 Å². The van der Waals surface area contributed by atoms with E-state index in [0.717, 1.165) is 17.0 Å². The van der Waals surface area contributed by atoms with Crippen LogP contribution >= 0.6 is 0 Å². The Balaban J connectivity index is 1.64. The number of carbonyl (C=O) groups excluding carboxylic acids is 1. The van der Waals surface area contributed by atoms with Crippen LogP contribution in [0.1, 0.15) is 47.8 Å². The summed E-state index contributed by atoms with van der Waals surface area (Å²) in [5, 5.41) is 14.0. The average molecular weight is 398 g/mol. The van der Waals surface area contributed by atoms with E-state index in [0.29, 0.717) is 38.9 Å². The van der Waals surface area contributed by atoms with Crippen molar-refractivity contribution >= 4 is 11.9 Å². The molecule has 6 heteroatoms. The Morgan fingerprint density at radius 3 is 2.48 bits per heavy atom. The van der Waals surface area contributed by atoms with Crippen LogP contribution in [0, 0.1) is 32.6 Å². The fourth-order valence-electron chi connectivity index (χ4n) is 4.24. The summed E-state index contributed by atoms with van der Waals surface area (Å²) in [6.45, 7) is 9.81. The molecule has 2 aromatic rings. The monoisotopic (exact) mass is 397 g/mol. The number of aromatic nitrogens is 2. The van der Waals surface area contributed by atoms with Gasteiger partial charge < -0.3 is 10.0 Å². The number of hydrogen-bond acceptors (Lipinski definition) is 3. The molecule has 29 heavy (non-hydrogen) atoms. The number of carboxylic acids is 1. The predicted molar refractivity (Wildman–Crippen MR) is 112 cm³/mol. The fourth-order valence-corrected chi connectivity index (χ4v) is 4.24. The highest BCUT2D eigenvalue weighted by Crippen LogP contribution is 2.23. The first-order chi connectivity index (χ1) is 13.7. The maximum atomic E-state index is 12.7. The van der Waals surface area contributed by atoms with E-state index in [1.807, 2.05) is 18.5 Å². The number of likely N-dealkylation sites (tertiary alicyclic amines) is 1. The zero-order valence-corrected chi connectivity index (χ0v) is 17.8. The Morgan fingerprint density at radius 1 is 1.14 bits per heavy atom. The van der Waals surface area contributed by atoms with Gasteiger partial charge in [0.15, 0.2) is 0 Å². The van der Waals surface area contributed by atoms with Crippen molar-refractivity contribution in [1.29, 1.82) is 0 Å². The number of rotatable bonds is 6. The van der Waals surface area contributed by atoms with Gasteiger partial charge in [-0.05, 0) is 50.7 Å². The van der Waals surface area contributed by atoms with Crippen LogP contribution in [0.15, 0.2) is 24.3 Å². The van der Waals surface area contributed by atoms with Crippen LogP contribution in [0.4, 0.5) is 0 Å². The van der Waals surface area contributed by atoms with E-state index in [2.05, 4.69) is 43.2 Å². The second kappa shape index (κ2) is 8.80. The summed E-state index contributed by atoms with van der Waals surface area (Å²) in [5.41, 5.74) is 5.60. The molecule has 0 spiro atoms. The minimum atomic E-state index is -0.807. The average Bonchev–Trinajstić information content (AvgIpc) is 2.94. The first-order valence-electron chi connectivity index (χ1n) is 10.3. The molecule has 2 atom stereocenters. The molecule has 3 rings (SSSR count). The zero-order chi connectivity index (χ0) is 21.1. The highest BCUT2D eigenvalue weighted by Gasteiger charge is 2.31. The third-order valence-electron chi connectivity index (χ3n) is 5.93. The van der Waals surface area contributed by atoms with E-state index >= 15 is 0 Å². The van der Waals surface area contributed by atoms with E-state index in [1.54, 1.807) is 4.90 Å². The van der Waals surface area contributed by atoms with Gasteiger partial charge in [0.1, 0.15) is 0 Å². The van der Waals surface area contributed by atoms with Crippen molar-refractivity contribution in [3.05, 3.63) is 52.3 Å². The lowest BCUT2D eigenvalue weighted by Gasteiger charge is -2.34.